The Morgan fingerprint density at radius 2 is 1.79 bits per heavy atom. The smallest absolute Gasteiger partial charge is 0.273 e. The van der Waals surface area contributed by atoms with Gasteiger partial charge in [-0.2, -0.15) is 5.10 Å². The van der Waals surface area contributed by atoms with Gasteiger partial charge in [-0.25, -0.2) is 0 Å². The third-order valence-electron chi connectivity index (χ3n) is 3.34. The maximum Gasteiger partial charge on any atom is 0.273 e. The first-order valence-corrected chi connectivity index (χ1v) is 7.80. The highest BCUT2D eigenvalue weighted by Crippen LogP contribution is 2.22. The minimum Gasteiger partial charge on any atom is -0.323 e. The number of amides is 2. The van der Waals surface area contributed by atoms with Crippen molar-refractivity contribution in [2.24, 2.45) is 0 Å². The van der Waals surface area contributed by atoms with Crippen molar-refractivity contribution < 1.29 is 9.59 Å². The van der Waals surface area contributed by atoms with Crippen molar-refractivity contribution in [3.8, 4) is 0 Å². The second kappa shape index (κ2) is 7.74. The number of hydrogen-bond donors (Lipinski definition) is 2. The topological polar surface area (TPSA) is 79.3 Å². The Bertz CT molecular complexity index is 736. The predicted octanol–water partition coefficient (Wildman–Crippen LogP) is 1.96. The van der Waals surface area contributed by atoms with Crippen LogP contribution in [0, 0.1) is 6.92 Å². The molecule has 0 aliphatic carbocycles. The monoisotopic (exact) mass is 329 g/mol. The van der Waals surface area contributed by atoms with Crippen LogP contribution >= 0.6 is 0 Å². The lowest BCUT2D eigenvalue weighted by Crippen LogP contribution is -2.27. The Hall–Kier alpha value is -2.67. The summed E-state index contributed by atoms with van der Waals surface area (Å²) < 4.78 is 1.65. The summed E-state index contributed by atoms with van der Waals surface area (Å²) in [5.41, 5.74) is 2.40. The number of hydrogen-bond acceptors (Lipinski definition) is 4. The SMILES string of the molecule is CCn1nc(C)cc1C(=O)Nc1ccccc1NC(=O)CN(C)C. The maximum atomic E-state index is 12.5. The number of anilines is 2. The number of para-hydroxylation sites is 2. The van der Waals surface area contributed by atoms with Crippen LogP contribution < -0.4 is 10.6 Å². The molecule has 1 aromatic carbocycles. The van der Waals surface area contributed by atoms with Crippen molar-refractivity contribution in [2.75, 3.05) is 31.3 Å². The molecule has 2 N–H and O–H groups in total. The first-order chi connectivity index (χ1) is 11.4. The minimum absolute atomic E-state index is 0.142. The molecule has 7 heteroatoms. The molecule has 0 spiro atoms. The molecule has 128 valence electrons. The lowest BCUT2D eigenvalue weighted by molar-refractivity contribution is -0.116. The molecule has 0 atom stereocenters. The number of likely N-dealkylation sites (N-methyl/N-ethyl adjacent to an activating group) is 1. The number of carbonyl (C=O) groups is 2. The average Bonchev–Trinajstić information content (AvgIpc) is 2.89. The molecule has 0 aliphatic rings. The third-order valence-corrected chi connectivity index (χ3v) is 3.34. The molecule has 0 unspecified atom stereocenters. The number of aromatic nitrogens is 2. The van der Waals surface area contributed by atoms with Gasteiger partial charge in [-0.15, -0.1) is 0 Å². The van der Waals surface area contributed by atoms with Gasteiger partial charge < -0.3 is 15.5 Å². The van der Waals surface area contributed by atoms with Crippen LogP contribution in [0.15, 0.2) is 30.3 Å². The van der Waals surface area contributed by atoms with Gasteiger partial charge in [0.2, 0.25) is 5.91 Å². The van der Waals surface area contributed by atoms with E-state index in [2.05, 4.69) is 15.7 Å². The fourth-order valence-corrected chi connectivity index (χ4v) is 2.33. The molecular weight excluding hydrogens is 306 g/mol. The van der Waals surface area contributed by atoms with E-state index in [0.29, 0.717) is 23.6 Å². The normalized spacial score (nSPS) is 10.7. The van der Waals surface area contributed by atoms with Crippen LogP contribution in [0.4, 0.5) is 11.4 Å². The van der Waals surface area contributed by atoms with Crippen LogP contribution in [0.5, 0.6) is 0 Å². The van der Waals surface area contributed by atoms with Gasteiger partial charge >= 0.3 is 0 Å². The summed E-state index contributed by atoms with van der Waals surface area (Å²) >= 11 is 0. The second-order valence-electron chi connectivity index (χ2n) is 5.77. The molecule has 1 heterocycles. The van der Waals surface area contributed by atoms with Crippen LogP contribution in [0.1, 0.15) is 23.1 Å². The van der Waals surface area contributed by atoms with Crippen molar-refractivity contribution >= 4 is 23.2 Å². The maximum absolute atomic E-state index is 12.5. The summed E-state index contributed by atoms with van der Waals surface area (Å²) in [6, 6.07) is 8.86. The van der Waals surface area contributed by atoms with Crippen LogP contribution in [-0.4, -0.2) is 47.1 Å². The van der Waals surface area contributed by atoms with Gasteiger partial charge in [-0.05, 0) is 46.1 Å². The van der Waals surface area contributed by atoms with Gasteiger partial charge in [0.1, 0.15) is 5.69 Å². The molecule has 2 amide bonds. The van der Waals surface area contributed by atoms with E-state index in [1.54, 1.807) is 39.9 Å². The van der Waals surface area contributed by atoms with Gasteiger partial charge in [-0.3, -0.25) is 14.3 Å². The predicted molar refractivity (Wildman–Crippen MR) is 94.2 cm³/mol. The average molecular weight is 329 g/mol. The Labute approximate surface area is 141 Å². The highest BCUT2D eigenvalue weighted by Gasteiger charge is 2.15. The summed E-state index contributed by atoms with van der Waals surface area (Å²) in [5, 5.41) is 9.94. The van der Waals surface area contributed by atoms with Crippen LogP contribution in [0.2, 0.25) is 0 Å². The fourth-order valence-electron chi connectivity index (χ4n) is 2.33. The molecule has 1 aromatic heterocycles. The van der Waals surface area contributed by atoms with E-state index in [4.69, 9.17) is 0 Å². The van der Waals surface area contributed by atoms with Gasteiger partial charge in [-0.1, -0.05) is 12.1 Å². The fraction of sp³-hybridized carbons (Fsp3) is 0.353. The number of nitrogens with zero attached hydrogens (tertiary/aromatic N) is 3. The van der Waals surface area contributed by atoms with E-state index in [-0.39, 0.29) is 18.4 Å². The van der Waals surface area contributed by atoms with Crippen molar-refractivity contribution in [2.45, 2.75) is 20.4 Å². The summed E-state index contributed by atoms with van der Waals surface area (Å²) in [6.07, 6.45) is 0. The Balaban J connectivity index is 2.17. The molecule has 0 saturated heterocycles. The lowest BCUT2D eigenvalue weighted by Gasteiger charge is -2.14. The summed E-state index contributed by atoms with van der Waals surface area (Å²) in [5.74, 6) is -0.400. The molecule has 0 aliphatic heterocycles. The van der Waals surface area contributed by atoms with Crippen molar-refractivity contribution in [3.05, 3.63) is 41.7 Å². The van der Waals surface area contributed by atoms with E-state index >= 15 is 0 Å². The van der Waals surface area contributed by atoms with Crippen molar-refractivity contribution in [1.29, 1.82) is 0 Å². The number of benzene rings is 1. The standard InChI is InChI=1S/C17H23N5O2/c1-5-22-15(10-12(2)20-22)17(24)19-14-9-7-6-8-13(14)18-16(23)11-21(3)4/h6-10H,5,11H2,1-4H3,(H,18,23)(H,19,24). The van der Waals surface area contributed by atoms with Crippen LogP contribution in [-0.2, 0) is 11.3 Å². The number of rotatable bonds is 6. The highest BCUT2D eigenvalue weighted by atomic mass is 16.2. The zero-order valence-electron chi connectivity index (χ0n) is 14.5. The molecule has 0 bridgehead atoms. The minimum atomic E-state index is -0.258. The highest BCUT2D eigenvalue weighted by molar-refractivity contribution is 6.06. The molecule has 0 saturated carbocycles. The van der Waals surface area contributed by atoms with Gasteiger partial charge in [0.15, 0.2) is 0 Å². The molecule has 7 nitrogen and oxygen atoms in total. The number of nitrogens with one attached hydrogen (secondary N) is 2. The largest absolute Gasteiger partial charge is 0.323 e. The number of aryl methyl sites for hydroxylation is 2. The Morgan fingerprint density at radius 1 is 1.17 bits per heavy atom. The van der Waals surface area contributed by atoms with Crippen LogP contribution in [0.25, 0.3) is 0 Å². The Kier molecular flexibility index (Phi) is 5.70. The van der Waals surface area contributed by atoms with Crippen molar-refractivity contribution in [3.63, 3.8) is 0 Å². The van der Waals surface area contributed by atoms with E-state index < -0.39 is 0 Å². The Morgan fingerprint density at radius 3 is 2.38 bits per heavy atom. The van der Waals surface area contributed by atoms with E-state index in [1.807, 2.05) is 27.9 Å². The molecule has 24 heavy (non-hydrogen) atoms. The van der Waals surface area contributed by atoms with E-state index in [0.717, 1.165) is 5.69 Å². The van der Waals surface area contributed by atoms with Crippen molar-refractivity contribution in [1.82, 2.24) is 14.7 Å². The van der Waals surface area contributed by atoms with Gasteiger partial charge in [0, 0.05) is 6.54 Å². The first-order valence-electron chi connectivity index (χ1n) is 7.80. The summed E-state index contributed by atoms with van der Waals surface area (Å²) in [7, 11) is 3.64. The molecule has 2 aromatic rings. The zero-order valence-corrected chi connectivity index (χ0v) is 14.5. The summed E-state index contributed by atoms with van der Waals surface area (Å²) in [4.78, 5) is 26.3. The molecular formula is C17H23N5O2. The molecule has 0 fully saturated rings. The third kappa shape index (κ3) is 4.42. The van der Waals surface area contributed by atoms with Gasteiger partial charge in [0.05, 0.1) is 23.6 Å². The lowest BCUT2D eigenvalue weighted by atomic mass is 10.2. The number of carbonyl (C=O) groups excluding carboxylic acids is 2. The van der Waals surface area contributed by atoms with E-state index in [1.165, 1.54) is 0 Å². The first kappa shape index (κ1) is 17.7. The molecule has 2 rings (SSSR count). The van der Waals surface area contributed by atoms with Crippen LogP contribution in [0.3, 0.4) is 0 Å². The molecule has 0 radical (unpaired) electrons. The zero-order chi connectivity index (χ0) is 17.7. The van der Waals surface area contributed by atoms with E-state index in [9.17, 15) is 9.59 Å². The second-order valence-corrected chi connectivity index (χ2v) is 5.77. The van der Waals surface area contributed by atoms with Gasteiger partial charge in [0.25, 0.3) is 5.91 Å². The quantitative estimate of drug-likeness (QED) is 0.849. The summed E-state index contributed by atoms with van der Waals surface area (Å²) in [6.45, 7) is 4.65.